The first-order chi connectivity index (χ1) is 8.93. The Morgan fingerprint density at radius 1 is 1.47 bits per heavy atom. The number of ether oxygens (including phenoxy) is 1. The first-order valence-corrected chi connectivity index (χ1v) is 6.14. The molecule has 2 N–H and O–H groups in total. The van der Waals surface area contributed by atoms with Crippen molar-refractivity contribution in [1.29, 1.82) is 0 Å². The Balaban J connectivity index is 2.76. The van der Waals surface area contributed by atoms with Crippen molar-refractivity contribution in [2.45, 2.75) is 27.2 Å². The molecule has 0 aromatic heterocycles. The Kier molecular flexibility index (Phi) is 5.36. The fourth-order valence-electron chi connectivity index (χ4n) is 1.53. The summed E-state index contributed by atoms with van der Waals surface area (Å²) in [4.78, 5) is 11.5. The van der Waals surface area contributed by atoms with E-state index in [1.807, 2.05) is 13.8 Å². The molecule has 0 spiro atoms. The Morgan fingerprint density at radius 2 is 2.16 bits per heavy atom. The van der Waals surface area contributed by atoms with Gasteiger partial charge in [-0.05, 0) is 31.0 Å². The van der Waals surface area contributed by atoms with Crippen LogP contribution in [0.5, 0.6) is 11.5 Å². The van der Waals surface area contributed by atoms with E-state index in [1.54, 1.807) is 19.1 Å². The highest BCUT2D eigenvalue weighted by molar-refractivity contribution is 5.99. The fourth-order valence-corrected chi connectivity index (χ4v) is 1.53. The molecule has 1 aromatic carbocycles. The summed E-state index contributed by atoms with van der Waals surface area (Å²) < 4.78 is 5.02. The number of carbonyl (C=O) groups is 1. The maximum Gasteiger partial charge on any atom is 0.240 e. The highest BCUT2D eigenvalue weighted by Crippen LogP contribution is 2.26. The number of hydrazone groups is 1. The molecule has 1 amide bonds. The Bertz CT molecular complexity index is 482. The van der Waals surface area contributed by atoms with Crippen molar-refractivity contribution in [3.63, 3.8) is 0 Å². The van der Waals surface area contributed by atoms with E-state index in [2.05, 4.69) is 10.5 Å². The number of phenols is 1. The average molecular weight is 264 g/mol. The van der Waals surface area contributed by atoms with E-state index in [4.69, 9.17) is 4.74 Å². The lowest BCUT2D eigenvalue weighted by molar-refractivity contribution is -0.121. The van der Waals surface area contributed by atoms with Gasteiger partial charge in [-0.15, -0.1) is 0 Å². The molecule has 5 heteroatoms. The Morgan fingerprint density at radius 3 is 2.74 bits per heavy atom. The second kappa shape index (κ2) is 6.78. The van der Waals surface area contributed by atoms with Crippen LogP contribution in [-0.4, -0.2) is 23.8 Å². The van der Waals surface area contributed by atoms with E-state index < -0.39 is 0 Å². The summed E-state index contributed by atoms with van der Waals surface area (Å²) >= 11 is 0. The molecule has 0 radical (unpaired) electrons. The summed E-state index contributed by atoms with van der Waals surface area (Å²) in [5, 5.41) is 13.5. The minimum Gasteiger partial charge on any atom is -0.504 e. The number of aromatic hydroxyl groups is 1. The van der Waals surface area contributed by atoms with Gasteiger partial charge in [0.2, 0.25) is 5.91 Å². The standard InChI is InChI=1S/C14H20N2O3/c1-9(2)7-14(18)16-15-10(3)11-5-6-12(17)13(8-11)19-4/h5-6,8-9,17H,7H2,1-4H3,(H,16,18)/b15-10+. The third-order valence-corrected chi connectivity index (χ3v) is 2.54. The highest BCUT2D eigenvalue weighted by Gasteiger charge is 2.06. The molecule has 0 atom stereocenters. The van der Waals surface area contributed by atoms with E-state index in [-0.39, 0.29) is 11.7 Å². The van der Waals surface area contributed by atoms with Crippen molar-refractivity contribution in [1.82, 2.24) is 5.43 Å². The molecule has 0 saturated carbocycles. The molecule has 0 saturated heterocycles. The molecule has 0 unspecified atom stereocenters. The van der Waals surface area contributed by atoms with E-state index in [9.17, 15) is 9.90 Å². The Labute approximate surface area is 113 Å². The van der Waals surface area contributed by atoms with Gasteiger partial charge in [0.15, 0.2) is 11.5 Å². The number of rotatable bonds is 5. The largest absolute Gasteiger partial charge is 0.504 e. The quantitative estimate of drug-likeness (QED) is 0.633. The topological polar surface area (TPSA) is 70.9 Å². The summed E-state index contributed by atoms with van der Waals surface area (Å²) in [5.74, 6) is 0.632. The van der Waals surface area contributed by atoms with Crippen LogP contribution in [0.4, 0.5) is 0 Å². The van der Waals surface area contributed by atoms with E-state index in [0.29, 0.717) is 23.8 Å². The fraction of sp³-hybridized carbons (Fsp3) is 0.429. The van der Waals surface area contributed by atoms with Crippen LogP contribution in [0.2, 0.25) is 0 Å². The molecular weight excluding hydrogens is 244 g/mol. The molecule has 1 rings (SSSR count). The van der Waals surface area contributed by atoms with Gasteiger partial charge in [0.05, 0.1) is 12.8 Å². The minimum atomic E-state index is -0.111. The van der Waals surface area contributed by atoms with Crippen LogP contribution in [0.3, 0.4) is 0 Å². The second-order valence-electron chi connectivity index (χ2n) is 4.72. The number of hydrogen-bond acceptors (Lipinski definition) is 4. The van der Waals surface area contributed by atoms with Crippen LogP contribution < -0.4 is 10.2 Å². The van der Waals surface area contributed by atoms with E-state index >= 15 is 0 Å². The molecule has 1 aromatic rings. The monoisotopic (exact) mass is 264 g/mol. The zero-order valence-electron chi connectivity index (χ0n) is 11.7. The molecule has 104 valence electrons. The molecule has 5 nitrogen and oxygen atoms in total. The lowest BCUT2D eigenvalue weighted by Crippen LogP contribution is -2.20. The predicted molar refractivity (Wildman–Crippen MR) is 74.5 cm³/mol. The van der Waals surface area contributed by atoms with Crippen molar-refractivity contribution in [2.75, 3.05) is 7.11 Å². The van der Waals surface area contributed by atoms with Gasteiger partial charge in [0.25, 0.3) is 0 Å². The van der Waals surface area contributed by atoms with Gasteiger partial charge in [0, 0.05) is 12.0 Å². The van der Waals surface area contributed by atoms with E-state index in [0.717, 1.165) is 5.56 Å². The summed E-state index contributed by atoms with van der Waals surface area (Å²) in [6, 6.07) is 4.91. The first kappa shape index (κ1) is 15.0. The lowest BCUT2D eigenvalue weighted by Gasteiger charge is -2.07. The summed E-state index contributed by atoms with van der Waals surface area (Å²) in [6.07, 6.45) is 0.440. The van der Waals surface area contributed by atoms with Gasteiger partial charge in [-0.1, -0.05) is 13.8 Å². The van der Waals surface area contributed by atoms with Crippen molar-refractivity contribution in [3.8, 4) is 11.5 Å². The number of methoxy groups -OCH3 is 1. The van der Waals surface area contributed by atoms with Crippen LogP contribution in [0, 0.1) is 5.92 Å². The normalized spacial score (nSPS) is 11.5. The van der Waals surface area contributed by atoms with Crippen LogP contribution in [0.1, 0.15) is 32.8 Å². The third-order valence-electron chi connectivity index (χ3n) is 2.54. The van der Waals surface area contributed by atoms with Crippen molar-refractivity contribution in [2.24, 2.45) is 11.0 Å². The molecule has 0 aliphatic carbocycles. The van der Waals surface area contributed by atoms with Gasteiger partial charge < -0.3 is 9.84 Å². The van der Waals surface area contributed by atoms with Crippen molar-refractivity contribution in [3.05, 3.63) is 23.8 Å². The molecular formula is C14H20N2O3. The Hall–Kier alpha value is -2.04. The molecule has 0 fully saturated rings. The van der Waals surface area contributed by atoms with Crippen LogP contribution in [0.15, 0.2) is 23.3 Å². The number of benzene rings is 1. The SMILES string of the molecule is COc1cc(/C(C)=N/NC(=O)CC(C)C)ccc1O. The van der Waals surface area contributed by atoms with E-state index in [1.165, 1.54) is 13.2 Å². The lowest BCUT2D eigenvalue weighted by atomic mass is 10.1. The number of hydrogen-bond donors (Lipinski definition) is 2. The van der Waals surface area contributed by atoms with Crippen LogP contribution >= 0.6 is 0 Å². The van der Waals surface area contributed by atoms with Gasteiger partial charge in [-0.3, -0.25) is 4.79 Å². The second-order valence-corrected chi connectivity index (χ2v) is 4.72. The smallest absolute Gasteiger partial charge is 0.240 e. The predicted octanol–water partition coefficient (Wildman–Crippen LogP) is 2.29. The van der Waals surface area contributed by atoms with Crippen LogP contribution in [0.25, 0.3) is 0 Å². The number of phenolic OH excluding ortho intramolecular Hbond substituents is 1. The first-order valence-electron chi connectivity index (χ1n) is 6.14. The summed E-state index contributed by atoms with van der Waals surface area (Å²) in [6.45, 7) is 5.73. The number of nitrogens with zero attached hydrogens (tertiary/aromatic N) is 1. The van der Waals surface area contributed by atoms with Gasteiger partial charge in [-0.2, -0.15) is 5.10 Å². The summed E-state index contributed by atoms with van der Waals surface area (Å²) in [7, 11) is 1.48. The van der Waals surface area contributed by atoms with Gasteiger partial charge in [-0.25, -0.2) is 5.43 Å². The van der Waals surface area contributed by atoms with Gasteiger partial charge in [0.1, 0.15) is 0 Å². The minimum absolute atomic E-state index is 0.0721. The zero-order chi connectivity index (χ0) is 14.4. The van der Waals surface area contributed by atoms with Crippen LogP contribution in [-0.2, 0) is 4.79 Å². The maximum absolute atomic E-state index is 11.5. The van der Waals surface area contributed by atoms with Gasteiger partial charge >= 0.3 is 0 Å². The molecule has 0 aliphatic heterocycles. The van der Waals surface area contributed by atoms with Crippen molar-refractivity contribution >= 4 is 11.6 Å². The molecule has 0 aliphatic rings. The average Bonchev–Trinajstić information content (AvgIpc) is 2.35. The van der Waals surface area contributed by atoms with Crippen molar-refractivity contribution < 1.29 is 14.6 Å². The third kappa shape index (κ3) is 4.62. The summed E-state index contributed by atoms with van der Waals surface area (Å²) in [5.41, 5.74) is 3.94. The highest BCUT2D eigenvalue weighted by atomic mass is 16.5. The number of carbonyl (C=O) groups excluding carboxylic acids is 1. The number of nitrogens with one attached hydrogen (secondary N) is 1. The zero-order valence-corrected chi connectivity index (χ0v) is 11.7. The number of amides is 1. The molecule has 19 heavy (non-hydrogen) atoms. The maximum atomic E-state index is 11.5. The molecule has 0 bridgehead atoms. The molecule has 0 heterocycles.